The fourth-order valence-corrected chi connectivity index (χ4v) is 4.38. The fourth-order valence-electron chi connectivity index (χ4n) is 4.38. The van der Waals surface area contributed by atoms with Gasteiger partial charge in [0.15, 0.2) is 0 Å². The molecule has 0 spiro atoms. The van der Waals surface area contributed by atoms with Gasteiger partial charge in [-0.25, -0.2) is 9.59 Å². The number of carboxylic acids is 1. The van der Waals surface area contributed by atoms with Gasteiger partial charge in [0.2, 0.25) is 5.91 Å². The molecule has 0 heterocycles. The van der Waals surface area contributed by atoms with Crippen molar-refractivity contribution in [2.75, 3.05) is 13.7 Å². The van der Waals surface area contributed by atoms with E-state index in [-0.39, 0.29) is 25.4 Å². The minimum absolute atomic E-state index is 0.0694. The van der Waals surface area contributed by atoms with Crippen LogP contribution < -0.4 is 10.6 Å². The van der Waals surface area contributed by atoms with Gasteiger partial charge < -0.3 is 25.2 Å². The van der Waals surface area contributed by atoms with Gasteiger partial charge in [-0.2, -0.15) is 0 Å². The lowest BCUT2D eigenvalue weighted by molar-refractivity contribution is -0.144. The van der Waals surface area contributed by atoms with Crippen molar-refractivity contribution >= 4 is 18.0 Å². The van der Waals surface area contributed by atoms with Crippen molar-refractivity contribution in [3.05, 3.63) is 59.7 Å². The molecule has 2 amide bonds. The number of fused-ring (bicyclic) bond motifs is 3. The minimum atomic E-state index is -1.15. The van der Waals surface area contributed by atoms with E-state index in [0.717, 1.165) is 22.3 Å². The predicted molar refractivity (Wildman–Crippen MR) is 132 cm³/mol. The van der Waals surface area contributed by atoms with Crippen LogP contribution in [0.15, 0.2) is 48.5 Å². The van der Waals surface area contributed by atoms with Crippen LogP contribution in [0.4, 0.5) is 4.79 Å². The molecule has 0 radical (unpaired) electrons. The average Bonchev–Trinajstić information content (AvgIpc) is 3.10. The molecule has 1 atom stereocenters. The number of carbonyl (C=O) groups is 3. The summed E-state index contributed by atoms with van der Waals surface area (Å²) in [6.07, 6.45) is -0.654. The number of alkyl carbamates (subject to hydrolysis) is 1. The van der Waals surface area contributed by atoms with Crippen molar-refractivity contribution in [2.45, 2.75) is 63.6 Å². The summed E-state index contributed by atoms with van der Waals surface area (Å²) in [5, 5.41) is 14.7. The van der Waals surface area contributed by atoms with Gasteiger partial charge in [0, 0.05) is 31.4 Å². The Hall–Kier alpha value is -3.39. The maximum Gasteiger partial charge on any atom is 0.407 e. The zero-order chi connectivity index (χ0) is 25.8. The number of amides is 2. The van der Waals surface area contributed by atoms with E-state index in [1.165, 1.54) is 7.11 Å². The first-order valence-corrected chi connectivity index (χ1v) is 11.6. The molecule has 3 N–H and O–H groups in total. The van der Waals surface area contributed by atoms with Gasteiger partial charge in [-0.3, -0.25) is 4.79 Å². The van der Waals surface area contributed by atoms with Crippen LogP contribution in [0.25, 0.3) is 11.1 Å². The zero-order valence-electron chi connectivity index (χ0n) is 20.9. The van der Waals surface area contributed by atoms with E-state index in [9.17, 15) is 19.5 Å². The Morgan fingerprint density at radius 3 is 2.03 bits per heavy atom. The Balaban J connectivity index is 1.57. The van der Waals surface area contributed by atoms with Gasteiger partial charge in [0.05, 0.1) is 5.60 Å². The van der Waals surface area contributed by atoms with Crippen LogP contribution in [-0.4, -0.2) is 54.0 Å². The lowest BCUT2D eigenvalue weighted by atomic mass is 9.97. The third-order valence-corrected chi connectivity index (χ3v) is 6.27. The van der Waals surface area contributed by atoms with Crippen molar-refractivity contribution in [3.8, 4) is 11.1 Å². The number of carboxylic acid groups (broad SMARTS) is 1. The van der Waals surface area contributed by atoms with Gasteiger partial charge in [0.1, 0.15) is 12.6 Å². The first-order chi connectivity index (χ1) is 16.4. The van der Waals surface area contributed by atoms with E-state index >= 15 is 0 Å². The Morgan fingerprint density at radius 1 is 0.971 bits per heavy atom. The van der Waals surface area contributed by atoms with Gasteiger partial charge in [-0.15, -0.1) is 0 Å². The number of ether oxygens (including phenoxy) is 2. The Bertz CT molecular complexity index is 1050. The molecule has 0 bridgehead atoms. The predicted octanol–water partition coefficient (Wildman–Crippen LogP) is 4.08. The molecule has 0 fully saturated rings. The van der Waals surface area contributed by atoms with Crippen LogP contribution in [-0.2, 0) is 19.1 Å². The van der Waals surface area contributed by atoms with Gasteiger partial charge in [0.25, 0.3) is 0 Å². The second-order valence-corrected chi connectivity index (χ2v) is 10.1. The van der Waals surface area contributed by atoms with Crippen LogP contribution in [0.1, 0.15) is 57.6 Å². The highest BCUT2D eigenvalue weighted by Gasteiger charge is 2.33. The lowest BCUT2D eigenvalue weighted by Crippen LogP contribution is -2.51. The number of aliphatic carboxylic acids is 1. The molecule has 2 aromatic rings. The van der Waals surface area contributed by atoms with E-state index < -0.39 is 35.2 Å². The molecule has 3 rings (SSSR count). The zero-order valence-corrected chi connectivity index (χ0v) is 20.9. The number of methoxy groups -OCH3 is 1. The molecule has 0 saturated carbocycles. The lowest BCUT2D eigenvalue weighted by Gasteiger charge is -2.29. The topological polar surface area (TPSA) is 114 Å². The molecular weight excluding hydrogens is 448 g/mol. The summed E-state index contributed by atoms with van der Waals surface area (Å²) in [6, 6.07) is 15.0. The Kier molecular flexibility index (Phi) is 7.85. The molecule has 35 heavy (non-hydrogen) atoms. The third kappa shape index (κ3) is 6.60. The quantitative estimate of drug-likeness (QED) is 0.470. The molecule has 8 nitrogen and oxygen atoms in total. The molecule has 188 valence electrons. The number of hydrogen-bond donors (Lipinski definition) is 3. The third-order valence-electron chi connectivity index (χ3n) is 6.27. The number of hydrogen-bond acceptors (Lipinski definition) is 5. The number of carbonyl (C=O) groups excluding carboxylic acids is 2. The van der Waals surface area contributed by atoms with Crippen LogP contribution in [0.3, 0.4) is 0 Å². The summed E-state index contributed by atoms with van der Waals surface area (Å²) in [4.78, 5) is 36.8. The summed E-state index contributed by atoms with van der Waals surface area (Å²) < 4.78 is 10.8. The van der Waals surface area contributed by atoms with Crippen LogP contribution >= 0.6 is 0 Å². The highest BCUT2D eigenvalue weighted by molar-refractivity contribution is 5.84. The van der Waals surface area contributed by atoms with Crippen LogP contribution in [0, 0.1) is 0 Å². The normalized spacial score (nSPS) is 14.0. The SMILES string of the molecule is COC(C)(C)CC(NC(=O)CC(C)(C)NC(=O)OCC1c2ccccc2-c2ccccc21)C(=O)O. The highest BCUT2D eigenvalue weighted by atomic mass is 16.5. The van der Waals surface area contributed by atoms with Gasteiger partial charge in [-0.05, 0) is 49.9 Å². The Labute approximate surface area is 206 Å². The van der Waals surface area contributed by atoms with Crippen molar-refractivity contribution in [3.63, 3.8) is 0 Å². The van der Waals surface area contributed by atoms with Crippen LogP contribution in [0.5, 0.6) is 0 Å². The maximum absolute atomic E-state index is 12.6. The summed E-state index contributed by atoms with van der Waals surface area (Å²) in [5.41, 5.74) is 2.83. The van der Waals surface area contributed by atoms with Crippen molar-refractivity contribution in [2.24, 2.45) is 0 Å². The van der Waals surface area contributed by atoms with E-state index in [1.807, 2.05) is 36.4 Å². The molecule has 0 saturated heterocycles. The number of benzene rings is 2. The molecule has 0 aliphatic heterocycles. The van der Waals surface area contributed by atoms with E-state index in [2.05, 4.69) is 22.8 Å². The molecule has 0 aromatic heterocycles. The summed E-state index contributed by atoms with van der Waals surface area (Å²) in [7, 11) is 1.49. The first kappa shape index (κ1) is 26.2. The molecule has 1 aliphatic carbocycles. The Morgan fingerprint density at radius 2 is 1.51 bits per heavy atom. The average molecular weight is 483 g/mol. The van der Waals surface area contributed by atoms with Gasteiger partial charge >= 0.3 is 12.1 Å². The van der Waals surface area contributed by atoms with Crippen molar-refractivity contribution in [1.82, 2.24) is 10.6 Å². The summed E-state index contributed by atoms with van der Waals surface area (Å²) in [5.74, 6) is -1.71. The number of rotatable bonds is 10. The van der Waals surface area contributed by atoms with Gasteiger partial charge in [-0.1, -0.05) is 48.5 Å². The maximum atomic E-state index is 12.6. The van der Waals surface area contributed by atoms with Crippen molar-refractivity contribution in [1.29, 1.82) is 0 Å². The summed E-state index contributed by atoms with van der Waals surface area (Å²) in [6.45, 7) is 7.02. The largest absolute Gasteiger partial charge is 0.480 e. The van der Waals surface area contributed by atoms with Crippen LogP contribution in [0.2, 0.25) is 0 Å². The molecule has 1 unspecified atom stereocenters. The van der Waals surface area contributed by atoms with Crippen molar-refractivity contribution < 1.29 is 29.0 Å². The molecule has 1 aliphatic rings. The number of nitrogens with one attached hydrogen (secondary N) is 2. The smallest absolute Gasteiger partial charge is 0.407 e. The molecular formula is C27H34N2O6. The second-order valence-electron chi connectivity index (χ2n) is 10.1. The highest BCUT2D eigenvalue weighted by Crippen LogP contribution is 2.44. The standard InChI is InChI=1S/C27H34N2O6/c1-26(2,15-23(30)28-22(24(31)32)14-27(3,4)34-5)29-25(33)35-16-21-19-12-8-6-10-17(19)18-11-7-9-13-20(18)21/h6-13,21-22H,14-16H2,1-5H3,(H,28,30)(H,29,33)(H,31,32). The van der Waals surface area contributed by atoms with E-state index in [4.69, 9.17) is 9.47 Å². The fraction of sp³-hybridized carbons (Fsp3) is 0.444. The minimum Gasteiger partial charge on any atom is -0.480 e. The second kappa shape index (κ2) is 10.5. The molecule has 8 heteroatoms. The monoisotopic (exact) mass is 482 g/mol. The first-order valence-electron chi connectivity index (χ1n) is 11.6. The summed E-state index contributed by atoms with van der Waals surface area (Å²) >= 11 is 0. The van der Waals surface area contributed by atoms with E-state index in [0.29, 0.717) is 0 Å². The molecule has 2 aromatic carbocycles. The van der Waals surface area contributed by atoms with E-state index in [1.54, 1.807) is 27.7 Å².